The fourth-order valence-electron chi connectivity index (χ4n) is 2.97. The molecule has 0 aromatic carbocycles. The summed E-state index contributed by atoms with van der Waals surface area (Å²) in [6.07, 6.45) is 8.89. The highest BCUT2D eigenvalue weighted by atomic mass is 19.3. The van der Waals surface area contributed by atoms with E-state index in [1.165, 1.54) is 44.5 Å². The number of imidazole rings is 1. The summed E-state index contributed by atoms with van der Waals surface area (Å²) in [5, 5.41) is 3.53. The van der Waals surface area contributed by atoms with Gasteiger partial charge in [0.15, 0.2) is 0 Å². The smallest absolute Gasteiger partial charge is 0.313 e. The Hall–Kier alpha value is -1.01. The highest BCUT2D eigenvalue weighted by Gasteiger charge is 2.32. The maximum Gasteiger partial charge on any atom is 0.319 e. The van der Waals surface area contributed by atoms with E-state index < -0.39 is 6.55 Å². The Morgan fingerprint density at radius 2 is 2.20 bits per heavy atom. The molecular weight excluding hydrogens is 262 g/mol. The average Bonchev–Trinajstić information content (AvgIpc) is 3.19. The number of hydrogen-bond acceptors (Lipinski definition) is 3. The van der Waals surface area contributed by atoms with Crippen molar-refractivity contribution < 1.29 is 8.78 Å². The summed E-state index contributed by atoms with van der Waals surface area (Å²) in [5.74, 6) is 0.475. The van der Waals surface area contributed by atoms with Crippen LogP contribution in [-0.2, 0) is 6.54 Å². The Morgan fingerprint density at radius 1 is 1.35 bits per heavy atom. The third kappa shape index (κ3) is 3.35. The van der Waals surface area contributed by atoms with Crippen LogP contribution in [0.2, 0.25) is 0 Å². The molecule has 4 nitrogen and oxygen atoms in total. The van der Waals surface area contributed by atoms with Crippen LogP contribution in [0.5, 0.6) is 0 Å². The van der Waals surface area contributed by atoms with Crippen LogP contribution in [0.4, 0.5) is 8.78 Å². The average molecular weight is 284 g/mol. The van der Waals surface area contributed by atoms with Gasteiger partial charge in [-0.25, -0.2) is 4.98 Å². The number of nitrogens with one attached hydrogen (secondary N) is 1. The molecule has 0 spiro atoms. The third-order valence-corrected chi connectivity index (χ3v) is 4.23. The SMILES string of the molecule is FC(F)n1ccnc1CN(CC1CCCCN1)C1CC1. The maximum atomic E-state index is 12.9. The van der Waals surface area contributed by atoms with Gasteiger partial charge in [0.2, 0.25) is 0 Å². The van der Waals surface area contributed by atoms with Gasteiger partial charge in [-0.2, -0.15) is 8.78 Å². The molecule has 6 heteroatoms. The van der Waals surface area contributed by atoms with E-state index in [0.29, 0.717) is 24.5 Å². The van der Waals surface area contributed by atoms with Crippen LogP contribution in [0, 0.1) is 0 Å². The number of alkyl halides is 2. The zero-order chi connectivity index (χ0) is 13.9. The molecule has 0 bridgehead atoms. The lowest BCUT2D eigenvalue weighted by Gasteiger charge is -2.30. The standard InChI is InChI=1S/C14H22F2N4/c15-14(16)20-8-7-18-13(20)10-19(12-4-5-12)9-11-3-1-2-6-17-11/h7-8,11-12,14,17H,1-6,9-10H2. The summed E-state index contributed by atoms with van der Waals surface area (Å²) in [6.45, 7) is 0.0526. The zero-order valence-electron chi connectivity index (χ0n) is 11.6. The van der Waals surface area contributed by atoms with Crippen molar-refractivity contribution in [3.63, 3.8) is 0 Å². The Bertz CT molecular complexity index is 425. The van der Waals surface area contributed by atoms with Gasteiger partial charge in [-0.05, 0) is 32.2 Å². The summed E-state index contributed by atoms with van der Waals surface area (Å²) in [4.78, 5) is 6.43. The van der Waals surface area contributed by atoms with Gasteiger partial charge in [-0.15, -0.1) is 0 Å². The minimum Gasteiger partial charge on any atom is -0.313 e. The van der Waals surface area contributed by atoms with Crippen LogP contribution in [-0.4, -0.2) is 39.6 Å². The fourth-order valence-corrected chi connectivity index (χ4v) is 2.97. The molecule has 20 heavy (non-hydrogen) atoms. The minimum atomic E-state index is -2.50. The molecule has 0 amide bonds. The second-order valence-corrected chi connectivity index (χ2v) is 5.84. The van der Waals surface area contributed by atoms with Crippen LogP contribution < -0.4 is 5.32 Å². The first-order chi connectivity index (χ1) is 9.74. The van der Waals surface area contributed by atoms with Crippen molar-refractivity contribution in [1.29, 1.82) is 0 Å². The van der Waals surface area contributed by atoms with E-state index in [2.05, 4.69) is 15.2 Å². The van der Waals surface area contributed by atoms with Crippen molar-refractivity contribution in [2.45, 2.75) is 57.3 Å². The second-order valence-electron chi connectivity index (χ2n) is 5.84. The molecule has 1 aliphatic heterocycles. The van der Waals surface area contributed by atoms with Gasteiger partial charge >= 0.3 is 6.55 Å². The summed E-state index contributed by atoms with van der Waals surface area (Å²) >= 11 is 0. The topological polar surface area (TPSA) is 33.1 Å². The molecule has 1 aromatic rings. The van der Waals surface area contributed by atoms with Crippen LogP contribution in [0.25, 0.3) is 0 Å². The summed E-state index contributed by atoms with van der Waals surface area (Å²) < 4.78 is 26.7. The Balaban J connectivity index is 1.63. The molecule has 2 aliphatic rings. The minimum absolute atomic E-state index is 0.475. The number of rotatable bonds is 6. The quantitative estimate of drug-likeness (QED) is 0.870. The largest absolute Gasteiger partial charge is 0.319 e. The maximum absolute atomic E-state index is 12.9. The predicted octanol–water partition coefficient (Wildman–Crippen LogP) is 2.38. The Labute approximate surface area is 118 Å². The molecule has 1 unspecified atom stereocenters. The van der Waals surface area contributed by atoms with Gasteiger partial charge in [0.25, 0.3) is 0 Å². The van der Waals surface area contributed by atoms with Crippen molar-refractivity contribution in [1.82, 2.24) is 19.8 Å². The van der Waals surface area contributed by atoms with Gasteiger partial charge in [-0.1, -0.05) is 6.42 Å². The molecular formula is C14H22F2N4. The van der Waals surface area contributed by atoms with Gasteiger partial charge in [0.05, 0.1) is 6.54 Å². The number of aromatic nitrogens is 2. The highest BCUT2D eigenvalue weighted by Crippen LogP contribution is 2.29. The fraction of sp³-hybridized carbons (Fsp3) is 0.786. The zero-order valence-corrected chi connectivity index (χ0v) is 11.6. The summed E-state index contributed by atoms with van der Waals surface area (Å²) in [6, 6.07) is 1.06. The van der Waals surface area contributed by atoms with Crippen LogP contribution >= 0.6 is 0 Å². The highest BCUT2D eigenvalue weighted by molar-refractivity contribution is 4.97. The number of hydrogen-bond donors (Lipinski definition) is 1. The number of halogens is 2. The lowest BCUT2D eigenvalue weighted by atomic mass is 10.0. The predicted molar refractivity (Wildman–Crippen MR) is 72.6 cm³/mol. The van der Waals surface area contributed by atoms with E-state index in [1.807, 2.05) is 0 Å². The van der Waals surface area contributed by atoms with Crippen molar-refractivity contribution in [3.8, 4) is 0 Å². The van der Waals surface area contributed by atoms with Crippen LogP contribution in [0.1, 0.15) is 44.5 Å². The molecule has 2 fully saturated rings. The first kappa shape index (κ1) is 13.9. The van der Waals surface area contributed by atoms with Gasteiger partial charge in [0.1, 0.15) is 5.82 Å². The van der Waals surface area contributed by atoms with Crippen LogP contribution in [0.15, 0.2) is 12.4 Å². The summed E-state index contributed by atoms with van der Waals surface area (Å²) in [7, 11) is 0. The molecule has 1 saturated heterocycles. The van der Waals surface area contributed by atoms with Crippen molar-refractivity contribution in [2.75, 3.05) is 13.1 Å². The monoisotopic (exact) mass is 284 g/mol. The van der Waals surface area contributed by atoms with E-state index >= 15 is 0 Å². The molecule has 0 radical (unpaired) electrons. The molecule has 2 heterocycles. The van der Waals surface area contributed by atoms with Crippen LogP contribution in [0.3, 0.4) is 0 Å². The Kier molecular flexibility index (Phi) is 4.31. The first-order valence-electron chi connectivity index (χ1n) is 7.51. The molecule has 1 atom stereocenters. The number of piperidine rings is 1. The lowest BCUT2D eigenvalue weighted by Crippen LogP contribution is -2.44. The molecule has 1 aromatic heterocycles. The van der Waals surface area contributed by atoms with Gasteiger partial charge in [0, 0.05) is 31.0 Å². The second kappa shape index (κ2) is 6.18. The van der Waals surface area contributed by atoms with E-state index in [0.717, 1.165) is 17.7 Å². The van der Waals surface area contributed by atoms with Crippen molar-refractivity contribution in [3.05, 3.63) is 18.2 Å². The van der Waals surface area contributed by atoms with E-state index in [9.17, 15) is 8.78 Å². The van der Waals surface area contributed by atoms with E-state index in [1.54, 1.807) is 0 Å². The van der Waals surface area contributed by atoms with Crippen molar-refractivity contribution >= 4 is 0 Å². The lowest BCUT2D eigenvalue weighted by molar-refractivity contribution is 0.0630. The molecule has 1 aliphatic carbocycles. The first-order valence-corrected chi connectivity index (χ1v) is 7.51. The number of nitrogens with zero attached hydrogens (tertiary/aromatic N) is 3. The summed E-state index contributed by atoms with van der Waals surface area (Å²) in [5.41, 5.74) is 0. The van der Waals surface area contributed by atoms with E-state index in [4.69, 9.17) is 0 Å². The van der Waals surface area contributed by atoms with E-state index in [-0.39, 0.29) is 0 Å². The molecule has 112 valence electrons. The molecule has 3 rings (SSSR count). The molecule has 1 saturated carbocycles. The van der Waals surface area contributed by atoms with Crippen molar-refractivity contribution in [2.24, 2.45) is 0 Å². The third-order valence-electron chi connectivity index (χ3n) is 4.23. The van der Waals surface area contributed by atoms with Gasteiger partial charge in [-0.3, -0.25) is 9.47 Å². The van der Waals surface area contributed by atoms with Gasteiger partial charge < -0.3 is 5.32 Å². The molecule has 1 N–H and O–H groups in total. The normalized spacial score (nSPS) is 23.7. The Morgan fingerprint density at radius 3 is 2.85 bits per heavy atom.